The highest BCUT2D eigenvalue weighted by Gasteiger charge is 2.25. The number of sulfonamides is 1. The number of aromatic nitrogens is 2. The van der Waals surface area contributed by atoms with Crippen LogP contribution >= 0.6 is 0 Å². The number of amides is 1. The number of nitrogens with zero attached hydrogens (tertiary/aromatic N) is 4. The number of rotatable bonds is 6. The summed E-state index contributed by atoms with van der Waals surface area (Å²) in [5, 5.41) is 4.77. The Labute approximate surface area is 188 Å². The summed E-state index contributed by atoms with van der Waals surface area (Å²) in [7, 11) is -3.22. The molecule has 166 valence electrons. The number of hydrogen-bond donors (Lipinski definition) is 0. The van der Waals surface area contributed by atoms with Crippen LogP contribution in [-0.4, -0.2) is 65.7 Å². The molecule has 1 aromatic heterocycles. The first-order valence-corrected chi connectivity index (χ1v) is 12.3. The van der Waals surface area contributed by atoms with E-state index < -0.39 is 10.0 Å². The van der Waals surface area contributed by atoms with Crippen molar-refractivity contribution in [3.8, 4) is 11.3 Å². The van der Waals surface area contributed by atoms with E-state index in [0.717, 1.165) is 22.4 Å². The number of hydrogen-bond acceptors (Lipinski definition) is 4. The minimum absolute atomic E-state index is 0.132. The van der Waals surface area contributed by atoms with Crippen molar-refractivity contribution in [2.75, 3.05) is 32.4 Å². The highest BCUT2D eigenvalue weighted by atomic mass is 32.2. The summed E-state index contributed by atoms with van der Waals surface area (Å²) in [6, 6.07) is 20.0. The Balaban J connectivity index is 1.53. The zero-order valence-electron chi connectivity index (χ0n) is 18.0. The molecule has 1 fully saturated rings. The van der Waals surface area contributed by atoms with Gasteiger partial charge in [0.1, 0.15) is 0 Å². The van der Waals surface area contributed by atoms with Crippen LogP contribution in [0.4, 0.5) is 0 Å². The van der Waals surface area contributed by atoms with Crippen molar-refractivity contribution < 1.29 is 13.2 Å². The molecule has 7 nitrogen and oxygen atoms in total. The molecule has 0 unspecified atom stereocenters. The molecule has 2 aromatic carbocycles. The first kappa shape index (κ1) is 22.0. The van der Waals surface area contributed by atoms with Crippen LogP contribution in [0, 0.1) is 0 Å². The minimum Gasteiger partial charge on any atom is -0.337 e. The van der Waals surface area contributed by atoms with Gasteiger partial charge in [-0.1, -0.05) is 60.7 Å². The summed E-state index contributed by atoms with van der Waals surface area (Å²) in [5.74, 6) is -0.132. The van der Waals surface area contributed by atoms with E-state index in [0.29, 0.717) is 32.7 Å². The van der Waals surface area contributed by atoms with Gasteiger partial charge in [-0.25, -0.2) is 8.42 Å². The van der Waals surface area contributed by atoms with Crippen LogP contribution in [0.3, 0.4) is 0 Å². The number of piperazine rings is 1. The largest absolute Gasteiger partial charge is 0.337 e. The monoisotopic (exact) mass is 450 g/mol. The Morgan fingerprint density at radius 3 is 2.22 bits per heavy atom. The summed E-state index contributed by atoms with van der Waals surface area (Å²) in [6.45, 7) is 2.05. The molecule has 1 saturated heterocycles. The van der Waals surface area contributed by atoms with Crippen molar-refractivity contribution >= 4 is 22.0 Å². The summed E-state index contributed by atoms with van der Waals surface area (Å²) in [6.07, 6.45) is 6.48. The van der Waals surface area contributed by atoms with Crippen molar-refractivity contribution in [2.45, 2.75) is 6.54 Å². The van der Waals surface area contributed by atoms with Crippen LogP contribution in [0.15, 0.2) is 72.9 Å². The van der Waals surface area contributed by atoms with Crippen LogP contribution in [0.2, 0.25) is 0 Å². The maximum absolute atomic E-state index is 12.7. The highest BCUT2D eigenvalue weighted by Crippen LogP contribution is 2.23. The van der Waals surface area contributed by atoms with E-state index in [2.05, 4.69) is 12.1 Å². The molecule has 0 saturated carbocycles. The second-order valence-corrected chi connectivity index (χ2v) is 9.79. The lowest BCUT2D eigenvalue weighted by atomic mass is 10.1. The van der Waals surface area contributed by atoms with Gasteiger partial charge in [-0.15, -0.1) is 0 Å². The molecular weight excluding hydrogens is 424 g/mol. The molecule has 32 heavy (non-hydrogen) atoms. The summed E-state index contributed by atoms with van der Waals surface area (Å²) < 4.78 is 26.6. The predicted octanol–water partition coefficient (Wildman–Crippen LogP) is 2.72. The first-order valence-electron chi connectivity index (χ1n) is 10.5. The van der Waals surface area contributed by atoms with Gasteiger partial charge in [0.2, 0.25) is 15.9 Å². The molecule has 2 heterocycles. The smallest absolute Gasteiger partial charge is 0.246 e. The molecule has 0 bridgehead atoms. The van der Waals surface area contributed by atoms with Gasteiger partial charge in [-0.3, -0.25) is 9.48 Å². The van der Waals surface area contributed by atoms with Gasteiger partial charge < -0.3 is 4.90 Å². The Morgan fingerprint density at radius 2 is 1.59 bits per heavy atom. The highest BCUT2D eigenvalue weighted by molar-refractivity contribution is 7.88. The third kappa shape index (κ3) is 5.33. The second-order valence-electron chi connectivity index (χ2n) is 7.80. The van der Waals surface area contributed by atoms with Gasteiger partial charge >= 0.3 is 0 Å². The summed E-state index contributed by atoms with van der Waals surface area (Å²) >= 11 is 0. The summed E-state index contributed by atoms with van der Waals surface area (Å²) in [4.78, 5) is 14.4. The fourth-order valence-corrected chi connectivity index (χ4v) is 4.56. The molecule has 1 aliphatic heterocycles. The molecule has 3 aromatic rings. The molecule has 4 rings (SSSR count). The Hall–Kier alpha value is -3.23. The fourth-order valence-electron chi connectivity index (χ4n) is 3.74. The predicted molar refractivity (Wildman–Crippen MR) is 125 cm³/mol. The van der Waals surface area contributed by atoms with Gasteiger partial charge in [0, 0.05) is 49.6 Å². The van der Waals surface area contributed by atoms with Gasteiger partial charge in [0.05, 0.1) is 18.5 Å². The van der Waals surface area contributed by atoms with E-state index in [-0.39, 0.29) is 5.91 Å². The van der Waals surface area contributed by atoms with Crippen molar-refractivity contribution in [3.05, 3.63) is 84.1 Å². The average Bonchev–Trinajstić information content (AvgIpc) is 3.21. The van der Waals surface area contributed by atoms with Crippen LogP contribution in [0.5, 0.6) is 0 Å². The Kier molecular flexibility index (Phi) is 6.53. The van der Waals surface area contributed by atoms with Crippen molar-refractivity contribution in [1.29, 1.82) is 0 Å². The Bertz CT molecular complexity index is 1200. The lowest BCUT2D eigenvalue weighted by Gasteiger charge is -2.32. The van der Waals surface area contributed by atoms with E-state index in [1.807, 2.05) is 59.4 Å². The van der Waals surface area contributed by atoms with Crippen LogP contribution in [-0.2, 0) is 21.4 Å². The zero-order chi connectivity index (χ0) is 22.6. The van der Waals surface area contributed by atoms with Crippen LogP contribution < -0.4 is 0 Å². The molecule has 8 heteroatoms. The fraction of sp³-hybridized carbons (Fsp3) is 0.250. The number of carbonyl (C=O) groups excluding carboxylic acids is 1. The van der Waals surface area contributed by atoms with Gasteiger partial charge in [0.15, 0.2) is 0 Å². The average molecular weight is 451 g/mol. The topological polar surface area (TPSA) is 75.5 Å². The lowest BCUT2D eigenvalue weighted by Crippen LogP contribution is -2.49. The van der Waals surface area contributed by atoms with E-state index in [1.165, 1.54) is 10.6 Å². The molecule has 0 spiro atoms. The van der Waals surface area contributed by atoms with Crippen molar-refractivity contribution in [2.24, 2.45) is 0 Å². The minimum atomic E-state index is -3.22. The molecular formula is C24H26N4O3S. The third-order valence-corrected chi connectivity index (χ3v) is 6.75. The van der Waals surface area contributed by atoms with E-state index >= 15 is 0 Å². The van der Waals surface area contributed by atoms with Gasteiger partial charge in [0.25, 0.3) is 0 Å². The van der Waals surface area contributed by atoms with Gasteiger partial charge in [-0.05, 0) is 11.6 Å². The zero-order valence-corrected chi connectivity index (χ0v) is 18.8. The Morgan fingerprint density at radius 1 is 0.969 bits per heavy atom. The van der Waals surface area contributed by atoms with Gasteiger partial charge in [-0.2, -0.15) is 9.40 Å². The maximum Gasteiger partial charge on any atom is 0.246 e. The maximum atomic E-state index is 12.7. The molecule has 0 atom stereocenters. The van der Waals surface area contributed by atoms with Crippen molar-refractivity contribution in [3.63, 3.8) is 0 Å². The number of benzene rings is 2. The number of carbonyl (C=O) groups is 1. The SMILES string of the molecule is CS(=O)(=O)N1CCN(C(=O)/C=C/c2cn(Cc3ccccc3)nc2-c2ccccc2)CC1. The van der Waals surface area contributed by atoms with E-state index in [1.54, 1.807) is 17.1 Å². The molecule has 0 radical (unpaired) electrons. The normalized spacial score (nSPS) is 15.3. The van der Waals surface area contributed by atoms with Crippen LogP contribution in [0.1, 0.15) is 11.1 Å². The lowest BCUT2D eigenvalue weighted by molar-refractivity contribution is -0.127. The molecule has 1 aliphatic rings. The standard InChI is InChI=1S/C24H26N4O3S/c1-32(30,31)28-16-14-26(15-17-28)23(29)13-12-22-19-27(18-20-8-4-2-5-9-20)25-24(22)21-10-6-3-7-11-21/h2-13,19H,14-18H2,1H3/b13-12+. The van der Waals surface area contributed by atoms with Crippen LogP contribution in [0.25, 0.3) is 17.3 Å². The van der Waals surface area contributed by atoms with Crippen molar-refractivity contribution in [1.82, 2.24) is 19.0 Å². The molecule has 1 amide bonds. The second kappa shape index (κ2) is 9.50. The molecule has 0 aliphatic carbocycles. The molecule has 0 N–H and O–H groups in total. The van der Waals surface area contributed by atoms with E-state index in [9.17, 15) is 13.2 Å². The quantitative estimate of drug-likeness (QED) is 0.541. The van der Waals surface area contributed by atoms with E-state index in [4.69, 9.17) is 5.10 Å². The first-order chi connectivity index (χ1) is 15.4. The third-order valence-electron chi connectivity index (χ3n) is 5.45. The summed E-state index contributed by atoms with van der Waals surface area (Å²) in [5.41, 5.74) is 3.79.